The molecule has 0 bridgehead atoms. The molecule has 0 spiro atoms. The number of hydrogen-bond donors (Lipinski definition) is 2. The summed E-state index contributed by atoms with van der Waals surface area (Å²) in [5.74, 6) is 0.741. The maximum absolute atomic E-state index is 10.4. The first-order valence-electron chi connectivity index (χ1n) is 4.64. The van der Waals surface area contributed by atoms with E-state index in [1.54, 1.807) is 6.08 Å². The molecule has 0 atom stereocenters. The summed E-state index contributed by atoms with van der Waals surface area (Å²) in [5, 5.41) is 0. The van der Waals surface area contributed by atoms with Crippen molar-refractivity contribution in [1.29, 1.82) is 0 Å². The summed E-state index contributed by atoms with van der Waals surface area (Å²) < 4.78 is 14.7. The summed E-state index contributed by atoms with van der Waals surface area (Å²) in [7, 11) is -4.33. The van der Waals surface area contributed by atoms with Crippen LogP contribution in [-0.4, -0.2) is 16.4 Å². The molecule has 0 aliphatic heterocycles. The first kappa shape index (κ1) is 13.8. The van der Waals surface area contributed by atoms with Crippen LogP contribution in [0.5, 0.6) is 0 Å². The molecule has 0 amide bonds. The van der Waals surface area contributed by atoms with Gasteiger partial charge < -0.3 is 9.79 Å². The molecule has 0 saturated heterocycles. The van der Waals surface area contributed by atoms with Crippen molar-refractivity contribution >= 4 is 7.82 Å². The number of hydrogen-bond acceptors (Lipinski definition) is 2. The minimum Gasteiger partial charge on any atom is -0.303 e. The normalized spacial score (nSPS) is 12.3. The summed E-state index contributed by atoms with van der Waals surface area (Å²) in [5.41, 5.74) is 1.15. The van der Waals surface area contributed by atoms with Gasteiger partial charge >= 0.3 is 7.82 Å². The Morgan fingerprint density at radius 3 is 2.00 bits per heavy atom. The van der Waals surface area contributed by atoms with Gasteiger partial charge in [0.25, 0.3) is 0 Å². The van der Waals surface area contributed by atoms with Crippen LogP contribution in [0.1, 0.15) is 27.7 Å². The van der Waals surface area contributed by atoms with E-state index in [1.807, 2.05) is 27.7 Å². The second-order valence-electron chi connectivity index (χ2n) is 3.80. The Labute approximate surface area is 85.2 Å². The summed E-state index contributed by atoms with van der Waals surface area (Å²) in [6.07, 6.45) is 1.74. The molecule has 4 nitrogen and oxygen atoms in total. The van der Waals surface area contributed by atoms with Crippen molar-refractivity contribution in [3.05, 3.63) is 11.6 Å². The molecular formula is C9H19O4P. The molecule has 2 N–H and O–H groups in total. The van der Waals surface area contributed by atoms with E-state index in [-0.39, 0.29) is 6.61 Å². The predicted octanol–water partition coefficient (Wildman–Crippen LogP) is 2.33. The van der Waals surface area contributed by atoms with Crippen molar-refractivity contribution in [3.8, 4) is 0 Å². The van der Waals surface area contributed by atoms with Crippen LogP contribution >= 0.6 is 7.82 Å². The zero-order valence-electron chi connectivity index (χ0n) is 9.10. The molecule has 0 rings (SSSR count). The molecule has 0 aliphatic rings. The maximum atomic E-state index is 10.4. The van der Waals surface area contributed by atoms with Crippen LogP contribution in [0.4, 0.5) is 0 Å². The van der Waals surface area contributed by atoms with E-state index in [1.165, 1.54) is 0 Å². The lowest BCUT2D eigenvalue weighted by Crippen LogP contribution is -2.03. The fourth-order valence-corrected chi connectivity index (χ4v) is 1.64. The van der Waals surface area contributed by atoms with Gasteiger partial charge in [-0.15, -0.1) is 0 Å². The van der Waals surface area contributed by atoms with Crippen molar-refractivity contribution in [2.45, 2.75) is 27.7 Å². The van der Waals surface area contributed by atoms with Crippen LogP contribution in [0.15, 0.2) is 11.6 Å². The van der Waals surface area contributed by atoms with Gasteiger partial charge in [0.05, 0.1) is 6.61 Å². The minimum absolute atomic E-state index is 0.0318. The number of phosphoric ester groups is 1. The van der Waals surface area contributed by atoms with Crippen LogP contribution in [0.25, 0.3) is 0 Å². The van der Waals surface area contributed by atoms with E-state index in [0.717, 1.165) is 5.57 Å². The van der Waals surface area contributed by atoms with Crippen molar-refractivity contribution in [3.63, 3.8) is 0 Å². The van der Waals surface area contributed by atoms with Gasteiger partial charge in [-0.1, -0.05) is 39.3 Å². The van der Waals surface area contributed by atoms with Crippen molar-refractivity contribution in [2.24, 2.45) is 11.8 Å². The number of allylic oxidation sites excluding steroid dienone is 1. The third-order valence-electron chi connectivity index (χ3n) is 1.90. The third kappa shape index (κ3) is 6.33. The van der Waals surface area contributed by atoms with Crippen molar-refractivity contribution in [1.82, 2.24) is 0 Å². The van der Waals surface area contributed by atoms with Gasteiger partial charge in [-0.2, -0.15) is 0 Å². The third-order valence-corrected chi connectivity index (χ3v) is 2.38. The predicted molar refractivity (Wildman–Crippen MR) is 55.8 cm³/mol. The van der Waals surface area contributed by atoms with E-state index in [4.69, 9.17) is 9.79 Å². The summed E-state index contributed by atoms with van der Waals surface area (Å²) in [6, 6.07) is 0. The van der Waals surface area contributed by atoms with Crippen LogP contribution in [0, 0.1) is 11.8 Å². The Kier molecular flexibility index (Phi) is 5.60. The standard InChI is InChI=1S/C9H19O4P/c1-7(2)9(8(3)4)5-6-13-14(10,11)12/h5,7-8H,6H2,1-4H3,(H2,10,11,12). The molecule has 0 heterocycles. The Morgan fingerprint density at radius 2 is 1.71 bits per heavy atom. The molecule has 0 aromatic heterocycles. The first-order chi connectivity index (χ1) is 6.24. The van der Waals surface area contributed by atoms with Gasteiger partial charge in [-0.05, 0) is 11.8 Å². The van der Waals surface area contributed by atoms with Crippen molar-refractivity contribution in [2.75, 3.05) is 6.61 Å². The molecule has 5 heteroatoms. The highest BCUT2D eigenvalue weighted by Crippen LogP contribution is 2.35. The van der Waals surface area contributed by atoms with Gasteiger partial charge in [0.15, 0.2) is 0 Å². The molecule has 0 aliphatic carbocycles. The minimum atomic E-state index is -4.33. The zero-order chi connectivity index (χ0) is 11.4. The molecule has 84 valence electrons. The van der Waals surface area contributed by atoms with Gasteiger partial charge in [0.1, 0.15) is 0 Å². The van der Waals surface area contributed by atoms with Crippen LogP contribution < -0.4 is 0 Å². The molecule has 0 fully saturated rings. The molecule has 14 heavy (non-hydrogen) atoms. The van der Waals surface area contributed by atoms with Crippen molar-refractivity contribution < 1.29 is 18.9 Å². The Morgan fingerprint density at radius 1 is 1.29 bits per heavy atom. The summed E-state index contributed by atoms with van der Waals surface area (Å²) in [4.78, 5) is 16.9. The molecule has 0 unspecified atom stereocenters. The molecule has 0 aromatic rings. The first-order valence-corrected chi connectivity index (χ1v) is 6.17. The topological polar surface area (TPSA) is 66.8 Å². The second-order valence-corrected chi connectivity index (χ2v) is 5.04. The monoisotopic (exact) mass is 222 g/mol. The molecule has 0 radical (unpaired) electrons. The van der Waals surface area contributed by atoms with Gasteiger partial charge in [0, 0.05) is 0 Å². The molecule has 0 aromatic carbocycles. The van der Waals surface area contributed by atoms with Crippen LogP contribution in [-0.2, 0) is 9.09 Å². The van der Waals surface area contributed by atoms with Gasteiger partial charge in [0.2, 0.25) is 0 Å². The average Bonchev–Trinajstić information content (AvgIpc) is 1.94. The lowest BCUT2D eigenvalue weighted by Gasteiger charge is -2.15. The number of phosphoric acid groups is 1. The van der Waals surface area contributed by atoms with E-state index >= 15 is 0 Å². The molecule has 0 saturated carbocycles. The van der Waals surface area contributed by atoms with Gasteiger partial charge in [-0.3, -0.25) is 4.52 Å². The highest BCUT2D eigenvalue weighted by Gasteiger charge is 2.13. The van der Waals surface area contributed by atoms with Crippen LogP contribution in [0.3, 0.4) is 0 Å². The number of rotatable bonds is 5. The average molecular weight is 222 g/mol. The Balaban J connectivity index is 4.26. The van der Waals surface area contributed by atoms with E-state index in [0.29, 0.717) is 11.8 Å². The lowest BCUT2D eigenvalue weighted by molar-refractivity contribution is 0.215. The maximum Gasteiger partial charge on any atom is 0.469 e. The molecular weight excluding hydrogens is 203 g/mol. The second kappa shape index (κ2) is 5.66. The van der Waals surface area contributed by atoms with E-state index < -0.39 is 7.82 Å². The quantitative estimate of drug-likeness (QED) is 0.553. The lowest BCUT2D eigenvalue weighted by atomic mass is 9.92. The van der Waals surface area contributed by atoms with E-state index in [2.05, 4.69) is 4.52 Å². The fraction of sp³-hybridized carbons (Fsp3) is 0.778. The largest absolute Gasteiger partial charge is 0.469 e. The van der Waals surface area contributed by atoms with Gasteiger partial charge in [-0.25, -0.2) is 4.57 Å². The Hall–Kier alpha value is -0.150. The van der Waals surface area contributed by atoms with Crippen LogP contribution in [0.2, 0.25) is 0 Å². The van der Waals surface area contributed by atoms with E-state index in [9.17, 15) is 4.57 Å². The zero-order valence-corrected chi connectivity index (χ0v) is 9.99. The summed E-state index contributed by atoms with van der Waals surface area (Å²) in [6.45, 7) is 8.15. The Bertz CT molecular complexity index is 229. The smallest absolute Gasteiger partial charge is 0.303 e. The fourth-order valence-electron chi connectivity index (χ4n) is 1.37. The summed E-state index contributed by atoms with van der Waals surface area (Å²) >= 11 is 0. The SMILES string of the molecule is CC(C)C(=CCOP(=O)(O)O)C(C)C. The highest BCUT2D eigenvalue weighted by molar-refractivity contribution is 7.46. The highest BCUT2D eigenvalue weighted by atomic mass is 31.2.